The standard InChI is InChI=1S/C15H8ClFN2O3/c16-13-14(22-15(20)9-4-2-1-3-5-9)18-11-7-6-10(17)8-12(11)19(13)21/h1-8H. The monoisotopic (exact) mass is 318 g/mol. The Morgan fingerprint density at radius 2 is 1.95 bits per heavy atom. The number of fused-ring (bicyclic) bond motifs is 1. The van der Waals surface area contributed by atoms with E-state index >= 15 is 0 Å². The molecule has 0 aliphatic rings. The summed E-state index contributed by atoms with van der Waals surface area (Å²) in [5, 5.41) is 11.6. The number of rotatable bonds is 2. The summed E-state index contributed by atoms with van der Waals surface area (Å²) in [5.41, 5.74) is 0.401. The van der Waals surface area contributed by atoms with Gasteiger partial charge in [-0.2, -0.15) is 4.98 Å². The van der Waals surface area contributed by atoms with E-state index < -0.39 is 16.9 Å². The molecule has 110 valence electrons. The van der Waals surface area contributed by atoms with Gasteiger partial charge < -0.3 is 9.94 Å². The van der Waals surface area contributed by atoms with Gasteiger partial charge in [-0.1, -0.05) is 18.2 Å². The lowest BCUT2D eigenvalue weighted by Gasteiger charge is -2.08. The van der Waals surface area contributed by atoms with E-state index in [0.29, 0.717) is 0 Å². The SMILES string of the molecule is O=C(Oc1nc2ccc(F)cc2[n+]([O-])c1Cl)c1ccccc1. The maximum absolute atomic E-state index is 13.2. The van der Waals surface area contributed by atoms with Crippen LogP contribution >= 0.6 is 11.6 Å². The van der Waals surface area contributed by atoms with E-state index in [4.69, 9.17) is 16.3 Å². The normalized spacial score (nSPS) is 10.6. The number of carbonyl (C=O) groups excluding carboxylic acids is 1. The fraction of sp³-hybridized carbons (Fsp3) is 0. The van der Waals surface area contributed by atoms with Crippen LogP contribution in [0.2, 0.25) is 5.15 Å². The van der Waals surface area contributed by atoms with Crippen molar-refractivity contribution in [2.45, 2.75) is 0 Å². The zero-order chi connectivity index (χ0) is 15.7. The lowest BCUT2D eigenvalue weighted by atomic mass is 10.2. The smallest absolute Gasteiger partial charge is 0.350 e. The van der Waals surface area contributed by atoms with E-state index in [-0.39, 0.29) is 27.2 Å². The molecule has 3 rings (SSSR count). The zero-order valence-electron chi connectivity index (χ0n) is 11.0. The van der Waals surface area contributed by atoms with Crippen molar-refractivity contribution in [1.29, 1.82) is 0 Å². The third kappa shape index (κ3) is 2.56. The summed E-state index contributed by atoms with van der Waals surface area (Å²) in [6.45, 7) is 0. The van der Waals surface area contributed by atoms with Crippen molar-refractivity contribution in [3.8, 4) is 5.88 Å². The Balaban J connectivity index is 2.03. The van der Waals surface area contributed by atoms with Crippen LogP contribution in [0.3, 0.4) is 0 Å². The van der Waals surface area contributed by atoms with Crippen molar-refractivity contribution in [2.24, 2.45) is 0 Å². The van der Waals surface area contributed by atoms with Crippen LogP contribution in [0, 0.1) is 11.0 Å². The van der Waals surface area contributed by atoms with Crippen LogP contribution in [-0.4, -0.2) is 11.0 Å². The van der Waals surface area contributed by atoms with E-state index in [2.05, 4.69) is 4.98 Å². The number of aromatic nitrogens is 2. The first-order chi connectivity index (χ1) is 10.6. The maximum Gasteiger partial charge on any atom is 0.350 e. The van der Waals surface area contributed by atoms with Crippen molar-refractivity contribution < 1.29 is 18.7 Å². The van der Waals surface area contributed by atoms with Crippen LogP contribution in [0.25, 0.3) is 11.0 Å². The van der Waals surface area contributed by atoms with Crippen LogP contribution < -0.4 is 9.47 Å². The molecule has 1 heterocycles. The molecule has 3 aromatic rings. The molecule has 0 unspecified atom stereocenters. The second-order valence-corrected chi connectivity index (χ2v) is 4.75. The molecule has 0 amide bonds. The Kier molecular flexibility index (Phi) is 3.60. The molecule has 0 saturated carbocycles. The third-order valence-corrected chi connectivity index (χ3v) is 3.25. The average molecular weight is 319 g/mol. The summed E-state index contributed by atoms with van der Waals surface area (Å²) in [6.07, 6.45) is 0. The quantitative estimate of drug-likeness (QED) is 0.414. The van der Waals surface area contributed by atoms with Crippen molar-refractivity contribution in [1.82, 2.24) is 4.98 Å². The highest BCUT2D eigenvalue weighted by molar-refractivity contribution is 6.30. The van der Waals surface area contributed by atoms with Crippen LogP contribution in [0.1, 0.15) is 10.4 Å². The van der Waals surface area contributed by atoms with Crippen LogP contribution in [-0.2, 0) is 0 Å². The molecule has 0 atom stereocenters. The van der Waals surface area contributed by atoms with Gasteiger partial charge >= 0.3 is 17.0 Å². The fourth-order valence-electron chi connectivity index (χ4n) is 1.89. The lowest BCUT2D eigenvalue weighted by Crippen LogP contribution is -2.30. The van der Waals surface area contributed by atoms with E-state index in [1.807, 2.05) is 0 Å². The minimum atomic E-state index is -0.698. The molecule has 7 heteroatoms. The Hall–Kier alpha value is -2.73. The highest BCUT2D eigenvalue weighted by Crippen LogP contribution is 2.22. The minimum absolute atomic E-state index is 0.0514. The first-order valence-corrected chi connectivity index (χ1v) is 6.59. The van der Waals surface area contributed by atoms with Crippen molar-refractivity contribution in [3.63, 3.8) is 0 Å². The van der Waals surface area contributed by atoms with Gasteiger partial charge in [-0.05, 0) is 35.9 Å². The fourth-order valence-corrected chi connectivity index (χ4v) is 2.06. The van der Waals surface area contributed by atoms with Crippen molar-refractivity contribution in [3.05, 3.63) is 70.3 Å². The highest BCUT2D eigenvalue weighted by atomic mass is 35.5. The summed E-state index contributed by atoms with van der Waals surface area (Å²) in [7, 11) is 0. The third-order valence-electron chi connectivity index (χ3n) is 2.93. The van der Waals surface area contributed by atoms with Gasteiger partial charge in [0.2, 0.25) is 5.52 Å². The molecule has 0 N–H and O–H groups in total. The molecule has 1 aromatic heterocycles. The van der Waals surface area contributed by atoms with E-state index in [0.717, 1.165) is 12.1 Å². The Morgan fingerprint density at radius 1 is 1.23 bits per heavy atom. The maximum atomic E-state index is 13.2. The van der Waals surface area contributed by atoms with Gasteiger partial charge in [-0.3, -0.25) is 0 Å². The van der Waals surface area contributed by atoms with Crippen LogP contribution in [0.5, 0.6) is 5.88 Å². The molecule has 0 fully saturated rings. The summed E-state index contributed by atoms with van der Waals surface area (Å²) < 4.78 is 18.5. The van der Waals surface area contributed by atoms with Gasteiger partial charge in [0.25, 0.3) is 0 Å². The lowest BCUT2D eigenvalue weighted by molar-refractivity contribution is -0.575. The van der Waals surface area contributed by atoms with Gasteiger partial charge in [0.1, 0.15) is 11.3 Å². The van der Waals surface area contributed by atoms with Crippen molar-refractivity contribution >= 4 is 28.6 Å². The van der Waals surface area contributed by atoms with E-state index in [1.54, 1.807) is 30.3 Å². The largest absolute Gasteiger partial charge is 0.617 e. The molecule has 0 bridgehead atoms. The molecule has 5 nitrogen and oxygen atoms in total. The highest BCUT2D eigenvalue weighted by Gasteiger charge is 2.22. The number of nitrogens with zero attached hydrogens (tertiary/aromatic N) is 2. The molecule has 0 spiro atoms. The van der Waals surface area contributed by atoms with E-state index in [9.17, 15) is 14.4 Å². The average Bonchev–Trinajstić information content (AvgIpc) is 2.54. The number of hydrogen-bond acceptors (Lipinski definition) is 4. The molecule has 0 aliphatic heterocycles. The summed E-state index contributed by atoms with van der Waals surface area (Å²) >= 11 is 5.84. The van der Waals surface area contributed by atoms with Gasteiger partial charge in [0.05, 0.1) is 5.56 Å². The van der Waals surface area contributed by atoms with Gasteiger partial charge in [-0.25, -0.2) is 9.18 Å². The number of esters is 1. The van der Waals surface area contributed by atoms with Gasteiger partial charge in [-0.15, -0.1) is 4.73 Å². The predicted octanol–water partition coefficient (Wildman–Crippen LogP) is 2.88. The summed E-state index contributed by atoms with van der Waals surface area (Å²) in [5.74, 6) is -1.62. The summed E-state index contributed by atoms with van der Waals surface area (Å²) in [4.78, 5) is 16.0. The van der Waals surface area contributed by atoms with Gasteiger partial charge in [0.15, 0.2) is 0 Å². The molecule has 0 radical (unpaired) electrons. The number of hydrogen-bond donors (Lipinski definition) is 0. The number of ether oxygens (including phenoxy) is 1. The molecule has 0 aliphatic carbocycles. The van der Waals surface area contributed by atoms with Crippen molar-refractivity contribution in [2.75, 3.05) is 0 Å². The second kappa shape index (κ2) is 5.57. The van der Waals surface area contributed by atoms with Crippen LogP contribution in [0.4, 0.5) is 4.39 Å². The first-order valence-electron chi connectivity index (χ1n) is 6.22. The number of benzene rings is 2. The molecule has 2 aromatic carbocycles. The Bertz CT molecular complexity index is 872. The minimum Gasteiger partial charge on any atom is -0.617 e. The van der Waals surface area contributed by atoms with Gasteiger partial charge in [0, 0.05) is 6.07 Å². The number of halogens is 2. The molecular formula is C15H8ClFN2O3. The predicted molar refractivity (Wildman–Crippen MR) is 77.1 cm³/mol. The zero-order valence-corrected chi connectivity index (χ0v) is 11.7. The topological polar surface area (TPSA) is 66.1 Å². The van der Waals surface area contributed by atoms with E-state index in [1.165, 1.54) is 6.07 Å². The van der Waals surface area contributed by atoms with Crippen LogP contribution in [0.15, 0.2) is 48.5 Å². The Labute approximate surface area is 129 Å². The number of carbonyl (C=O) groups is 1. The molecular weight excluding hydrogens is 311 g/mol. The molecule has 0 saturated heterocycles. The second-order valence-electron chi connectivity index (χ2n) is 4.39. The first kappa shape index (κ1) is 14.2. The molecule has 22 heavy (non-hydrogen) atoms. The Morgan fingerprint density at radius 3 is 2.68 bits per heavy atom. The summed E-state index contributed by atoms with van der Waals surface area (Å²) in [6, 6.07) is 11.6.